The Balaban J connectivity index is 2.75. The van der Waals surface area contributed by atoms with E-state index < -0.39 is 0 Å². The first kappa shape index (κ1) is 14.0. The minimum absolute atomic E-state index is 0.240. The lowest BCUT2D eigenvalue weighted by Gasteiger charge is -2.12. The number of aromatic nitrogens is 2. The second kappa shape index (κ2) is 6.64. The number of nitrogens with two attached hydrogens (primary N) is 1. The Labute approximate surface area is 108 Å². The fraction of sp³-hybridized carbons (Fsp3) is 0.667. The van der Waals surface area contributed by atoms with Gasteiger partial charge in [-0.05, 0) is 6.42 Å². The number of rotatable bonds is 6. The zero-order valence-corrected chi connectivity index (χ0v) is 11.5. The summed E-state index contributed by atoms with van der Waals surface area (Å²) in [6.07, 6.45) is 3.50. The molecule has 0 saturated carbocycles. The summed E-state index contributed by atoms with van der Waals surface area (Å²) in [5.41, 5.74) is 6.28. The quantitative estimate of drug-likeness (QED) is 0.605. The van der Waals surface area contributed by atoms with Gasteiger partial charge in [-0.3, -0.25) is 0 Å². The van der Waals surface area contributed by atoms with Gasteiger partial charge in [0.2, 0.25) is 0 Å². The Morgan fingerprint density at radius 3 is 2.59 bits per heavy atom. The van der Waals surface area contributed by atoms with Crippen molar-refractivity contribution in [2.24, 2.45) is 0 Å². The molecular formula is C12H21ClN4. The number of anilines is 2. The highest BCUT2D eigenvalue weighted by Gasteiger charge is 2.11. The van der Waals surface area contributed by atoms with Crippen LogP contribution in [0.1, 0.15) is 51.8 Å². The van der Waals surface area contributed by atoms with Crippen LogP contribution in [-0.4, -0.2) is 16.5 Å². The maximum Gasteiger partial charge on any atom is 0.157 e. The van der Waals surface area contributed by atoms with Crippen LogP contribution in [0.25, 0.3) is 0 Å². The lowest BCUT2D eigenvalue weighted by atomic mass is 10.2. The van der Waals surface area contributed by atoms with Crippen molar-refractivity contribution in [1.82, 2.24) is 9.97 Å². The van der Waals surface area contributed by atoms with Gasteiger partial charge in [-0.25, -0.2) is 9.97 Å². The van der Waals surface area contributed by atoms with Gasteiger partial charge in [0, 0.05) is 12.5 Å². The maximum absolute atomic E-state index is 5.99. The molecule has 1 aromatic heterocycles. The summed E-state index contributed by atoms with van der Waals surface area (Å²) in [4.78, 5) is 8.57. The van der Waals surface area contributed by atoms with Crippen molar-refractivity contribution in [3.05, 3.63) is 11.0 Å². The zero-order chi connectivity index (χ0) is 12.8. The van der Waals surface area contributed by atoms with Crippen LogP contribution in [-0.2, 0) is 0 Å². The van der Waals surface area contributed by atoms with Gasteiger partial charge in [0.15, 0.2) is 11.0 Å². The van der Waals surface area contributed by atoms with Crippen molar-refractivity contribution in [3.63, 3.8) is 0 Å². The Morgan fingerprint density at radius 2 is 2.00 bits per heavy atom. The molecule has 0 saturated heterocycles. The van der Waals surface area contributed by atoms with Crippen LogP contribution in [0.3, 0.4) is 0 Å². The van der Waals surface area contributed by atoms with E-state index in [1.807, 2.05) is 13.8 Å². The van der Waals surface area contributed by atoms with Crippen LogP contribution < -0.4 is 11.1 Å². The highest BCUT2D eigenvalue weighted by atomic mass is 35.5. The normalized spacial score (nSPS) is 10.9. The van der Waals surface area contributed by atoms with E-state index >= 15 is 0 Å². The van der Waals surface area contributed by atoms with E-state index in [-0.39, 0.29) is 5.92 Å². The molecule has 0 aliphatic carbocycles. The number of unbranched alkanes of at least 4 members (excludes halogenated alkanes) is 2. The molecule has 0 atom stereocenters. The van der Waals surface area contributed by atoms with Crippen molar-refractivity contribution in [1.29, 1.82) is 0 Å². The fourth-order valence-corrected chi connectivity index (χ4v) is 1.61. The molecule has 0 aliphatic heterocycles. The summed E-state index contributed by atoms with van der Waals surface area (Å²) < 4.78 is 0. The number of hydrogen-bond donors (Lipinski definition) is 2. The molecule has 0 unspecified atom stereocenters. The van der Waals surface area contributed by atoms with Crippen molar-refractivity contribution < 1.29 is 0 Å². The molecule has 0 bridgehead atoms. The minimum atomic E-state index is 0.240. The molecule has 0 aromatic carbocycles. The fourth-order valence-electron chi connectivity index (χ4n) is 1.43. The average Bonchev–Trinajstić information content (AvgIpc) is 2.29. The van der Waals surface area contributed by atoms with E-state index in [2.05, 4.69) is 22.2 Å². The first-order valence-corrected chi connectivity index (χ1v) is 6.50. The number of hydrogen-bond acceptors (Lipinski definition) is 4. The molecule has 0 radical (unpaired) electrons. The van der Waals surface area contributed by atoms with Crippen LogP contribution in [0.4, 0.5) is 11.5 Å². The van der Waals surface area contributed by atoms with E-state index in [0.717, 1.165) is 18.8 Å². The number of nitrogens with zero attached hydrogens (tertiary/aromatic N) is 2. The average molecular weight is 257 g/mol. The molecule has 1 rings (SSSR count). The standard InChI is InChI=1S/C12H21ClN4/c1-4-5-6-7-15-12-9(14)10(13)16-11(17-12)8(2)3/h8H,4-7,14H2,1-3H3,(H,15,16,17). The summed E-state index contributed by atoms with van der Waals surface area (Å²) in [6.45, 7) is 7.10. The summed E-state index contributed by atoms with van der Waals surface area (Å²) in [5, 5.41) is 3.56. The molecular weight excluding hydrogens is 236 g/mol. The lowest BCUT2D eigenvalue weighted by molar-refractivity contribution is 0.737. The smallest absolute Gasteiger partial charge is 0.157 e. The van der Waals surface area contributed by atoms with Crippen molar-refractivity contribution in [2.75, 3.05) is 17.6 Å². The van der Waals surface area contributed by atoms with E-state index in [1.165, 1.54) is 12.8 Å². The van der Waals surface area contributed by atoms with Gasteiger partial charge in [0.1, 0.15) is 11.5 Å². The van der Waals surface area contributed by atoms with Crippen molar-refractivity contribution >= 4 is 23.1 Å². The third-order valence-electron chi connectivity index (χ3n) is 2.51. The summed E-state index contributed by atoms with van der Waals surface area (Å²) in [7, 11) is 0. The molecule has 96 valence electrons. The first-order valence-electron chi connectivity index (χ1n) is 6.13. The Bertz CT molecular complexity index is 366. The third kappa shape index (κ3) is 4.04. The van der Waals surface area contributed by atoms with Gasteiger partial charge in [0.25, 0.3) is 0 Å². The van der Waals surface area contributed by atoms with Crippen LogP contribution in [0.15, 0.2) is 0 Å². The molecule has 4 nitrogen and oxygen atoms in total. The van der Waals surface area contributed by atoms with Crippen LogP contribution >= 0.6 is 11.6 Å². The van der Waals surface area contributed by atoms with E-state index in [1.54, 1.807) is 0 Å². The highest BCUT2D eigenvalue weighted by Crippen LogP contribution is 2.25. The lowest BCUT2D eigenvalue weighted by Crippen LogP contribution is -2.10. The van der Waals surface area contributed by atoms with Gasteiger partial charge in [-0.15, -0.1) is 0 Å². The number of nitrogen functional groups attached to an aromatic ring is 1. The summed E-state index contributed by atoms with van der Waals surface area (Å²) in [6, 6.07) is 0. The molecule has 17 heavy (non-hydrogen) atoms. The molecule has 0 amide bonds. The molecule has 0 spiro atoms. The van der Waals surface area contributed by atoms with Crippen molar-refractivity contribution in [3.8, 4) is 0 Å². The molecule has 3 N–H and O–H groups in total. The van der Waals surface area contributed by atoms with Crippen LogP contribution in [0, 0.1) is 0 Å². The van der Waals surface area contributed by atoms with E-state index in [9.17, 15) is 0 Å². The number of nitrogens with one attached hydrogen (secondary N) is 1. The van der Waals surface area contributed by atoms with Crippen molar-refractivity contribution in [2.45, 2.75) is 46.0 Å². The minimum Gasteiger partial charge on any atom is -0.393 e. The topological polar surface area (TPSA) is 63.8 Å². The zero-order valence-electron chi connectivity index (χ0n) is 10.8. The number of halogens is 1. The molecule has 5 heteroatoms. The van der Waals surface area contributed by atoms with E-state index in [4.69, 9.17) is 17.3 Å². The Morgan fingerprint density at radius 1 is 1.29 bits per heavy atom. The maximum atomic E-state index is 5.99. The van der Waals surface area contributed by atoms with Gasteiger partial charge in [0.05, 0.1) is 0 Å². The van der Waals surface area contributed by atoms with E-state index in [0.29, 0.717) is 16.7 Å². The second-order valence-corrected chi connectivity index (χ2v) is 4.78. The predicted molar refractivity (Wildman–Crippen MR) is 73.6 cm³/mol. The van der Waals surface area contributed by atoms with Gasteiger partial charge in [-0.2, -0.15) is 0 Å². The monoisotopic (exact) mass is 256 g/mol. The van der Waals surface area contributed by atoms with Gasteiger partial charge >= 0.3 is 0 Å². The summed E-state index contributed by atoms with van der Waals surface area (Å²) >= 11 is 5.99. The summed E-state index contributed by atoms with van der Waals surface area (Å²) in [5.74, 6) is 1.62. The molecule has 0 aliphatic rings. The predicted octanol–water partition coefficient (Wildman–Crippen LogP) is 3.44. The van der Waals surface area contributed by atoms with Crippen LogP contribution in [0.2, 0.25) is 5.15 Å². The highest BCUT2D eigenvalue weighted by molar-refractivity contribution is 6.32. The Kier molecular flexibility index (Phi) is 5.48. The molecule has 1 heterocycles. The Hall–Kier alpha value is -1.03. The molecule has 1 aromatic rings. The first-order chi connectivity index (χ1) is 8.06. The third-order valence-corrected chi connectivity index (χ3v) is 2.79. The second-order valence-electron chi connectivity index (χ2n) is 4.42. The SMILES string of the molecule is CCCCCNc1nc(C(C)C)nc(Cl)c1N. The van der Waals surface area contributed by atoms with Gasteiger partial charge < -0.3 is 11.1 Å². The largest absolute Gasteiger partial charge is 0.393 e. The van der Waals surface area contributed by atoms with Gasteiger partial charge in [-0.1, -0.05) is 45.2 Å². The van der Waals surface area contributed by atoms with Crippen LogP contribution in [0.5, 0.6) is 0 Å². The molecule has 0 fully saturated rings.